The van der Waals surface area contributed by atoms with Gasteiger partial charge in [-0.15, -0.1) is 0 Å². The van der Waals surface area contributed by atoms with Crippen LogP contribution >= 0.6 is 0 Å². The lowest BCUT2D eigenvalue weighted by Gasteiger charge is -2.21. The number of hydrogen-bond donors (Lipinski definition) is 1. The van der Waals surface area contributed by atoms with Gasteiger partial charge in [-0.1, -0.05) is 20.8 Å². The van der Waals surface area contributed by atoms with Crippen molar-refractivity contribution in [2.45, 2.75) is 46.1 Å². The van der Waals surface area contributed by atoms with Crippen LogP contribution in [-0.4, -0.2) is 37.0 Å². The molecule has 0 aromatic carbocycles. The summed E-state index contributed by atoms with van der Waals surface area (Å²) in [6.45, 7) is 8.36. The van der Waals surface area contributed by atoms with Crippen LogP contribution in [0.15, 0.2) is 0 Å². The Hall–Kier alpha value is -0.570. The summed E-state index contributed by atoms with van der Waals surface area (Å²) in [4.78, 5) is 13.8. The van der Waals surface area contributed by atoms with Crippen molar-refractivity contribution in [3.63, 3.8) is 0 Å². The van der Waals surface area contributed by atoms with Gasteiger partial charge >= 0.3 is 0 Å². The van der Waals surface area contributed by atoms with Gasteiger partial charge < -0.3 is 10.2 Å². The van der Waals surface area contributed by atoms with E-state index < -0.39 is 0 Å². The van der Waals surface area contributed by atoms with Crippen molar-refractivity contribution in [1.82, 2.24) is 10.2 Å². The fourth-order valence-corrected chi connectivity index (χ4v) is 1.86. The van der Waals surface area contributed by atoms with Crippen LogP contribution in [0.2, 0.25) is 0 Å². The lowest BCUT2D eigenvalue weighted by atomic mass is 9.90. The van der Waals surface area contributed by atoms with Gasteiger partial charge in [-0.2, -0.15) is 0 Å². The van der Waals surface area contributed by atoms with Crippen LogP contribution < -0.4 is 5.32 Å². The third kappa shape index (κ3) is 4.20. The maximum absolute atomic E-state index is 11.9. The zero-order chi connectivity index (χ0) is 11.5. The third-order valence-electron chi connectivity index (χ3n) is 3.04. The minimum atomic E-state index is 0.262. The van der Waals surface area contributed by atoms with Crippen molar-refractivity contribution in [3.05, 3.63) is 0 Å². The van der Waals surface area contributed by atoms with E-state index in [0.29, 0.717) is 18.4 Å². The summed E-state index contributed by atoms with van der Waals surface area (Å²) in [5.41, 5.74) is 0.262. The van der Waals surface area contributed by atoms with Crippen LogP contribution in [-0.2, 0) is 4.79 Å². The molecule has 15 heavy (non-hydrogen) atoms. The van der Waals surface area contributed by atoms with E-state index in [1.54, 1.807) is 0 Å². The van der Waals surface area contributed by atoms with Gasteiger partial charge in [0.2, 0.25) is 5.91 Å². The average Bonchev–Trinajstić information content (AvgIpc) is 2.61. The van der Waals surface area contributed by atoms with E-state index in [-0.39, 0.29) is 5.41 Å². The lowest BCUT2D eigenvalue weighted by Crippen LogP contribution is -2.33. The van der Waals surface area contributed by atoms with Gasteiger partial charge in [0, 0.05) is 25.6 Å². The van der Waals surface area contributed by atoms with E-state index in [4.69, 9.17) is 0 Å². The van der Waals surface area contributed by atoms with Crippen LogP contribution in [0.3, 0.4) is 0 Å². The molecule has 1 rings (SSSR count). The summed E-state index contributed by atoms with van der Waals surface area (Å²) in [7, 11) is 1.97. The van der Waals surface area contributed by atoms with Gasteiger partial charge in [0.25, 0.3) is 0 Å². The highest BCUT2D eigenvalue weighted by atomic mass is 16.2. The number of likely N-dealkylation sites (N-methyl/N-ethyl adjacent to an activating group) is 1. The lowest BCUT2D eigenvalue weighted by molar-refractivity contribution is -0.130. The molecule has 1 heterocycles. The maximum atomic E-state index is 11.9. The molecule has 1 aliphatic rings. The quantitative estimate of drug-likeness (QED) is 0.771. The molecular formula is C12H24N2O. The summed E-state index contributed by atoms with van der Waals surface area (Å²) in [6, 6.07) is 0.503. The van der Waals surface area contributed by atoms with E-state index in [1.807, 2.05) is 11.9 Å². The van der Waals surface area contributed by atoms with Crippen molar-refractivity contribution in [2.75, 3.05) is 20.1 Å². The zero-order valence-electron chi connectivity index (χ0n) is 10.5. The normalized spacial score (nSPS) is 22.1. The minimum Gasteiger partial charge on any atom is -0.341 e. The number of nitrogens with one attached hydrogen (secondary N) is 1. The second-order valence-electron chi connectivity index (χ2n) is 5.67. The van der Waals surface area contributed by atoms with Crippen LogP contribution in [0.5, 0.6) is 0 Å². The highest BCUT2D eigenvalue weighted by molar-refractivity contribution is 5.76. The summed E-state index contributed by atoms with van der Waals surface area (Å²) >= 11 is 0. The van der Waals surface area contributed by atoms with Gasteiger partial charge in [0.05, 0.1) is 0 Å². The number of nitrogens with zero attached hydrogens (tertiary/aromatic N) is 1. The first kappa shape index (κ1) is 12.5. The largest absolute Gasteiger partial charge is 0.341 e. The first-order valence-corrected chi connectivity index (χ1v) is 5.87. The molecule has 1 fully saturated rings. The molecule has 0 aromatic heterocycles. The SMILES string of the molecule is CN[C@@H]1CCN(C(=O)CCC(C)(C)C)C1. The van der Waals surface area contributed by atoms with E-state index in [2.05, 4.69) is 26.1 Å². The number of hydrogen-bond acceptors (Lipinski definition) is 2. The Bertz CT molecular complexity index is 220. The van der Waals surface area contributed by atoms with E-state index in [9.17, 15) is 4.79 Å². The molecule has 0 bridgehead atoms. The molecule has 1 amide bonds. The van der Waals surface area contributed by atoms with Crippen molar-refractivity contribution in [1.29, 1.82) is 0 Å². The molecule has 0 saturated carbocycles. The third-order valence-corrected chi connectivity index (χ3v) is 3.04. The highest BCUT2D eigenvalue weighted by Gasteiger charge is 2.25. The molecule has 1 N–H and O–H groups in total. The van der Waals surface area contributed by atoms with Crippen LogP contribution in [0, 0.1) is 5.41 Å². The van der Waals surface area contributed by atoms with Crippen LogP contribution in [0.4, 0.5) is 0 Å². The first-order chi connectivity index (χ1) is 6.92. The van der Waals surface area contributed by atoms with E-state index in [0.717, 1.165) is 25.9 Å². The van der Waals surface area contributed by atoms with Crippen molar-refractivity contribution in [2.24, 2.45) is 5.41 Å². The molecule has 0 unspecified atom stereocenters. The second-order valence-corrected chi connectivity index (χ2v) is 5.67. The van der Waals surface area contributed by atoms with Gasteiger partial charge in [0.15, 0.2) is 0 Å². The fraction of sp³-hybridized carbons (Fsp3) is 0.917. The zero-order valence-corrected chi connectivity index (χ0v) is 10.5. The second kappa shape index (κ2) is 4.97. The Morgan fingerprint density at radius 2 is 2.13 bits per heavy atom. The Kier molecular flexibility index (Phi) is 4.14. The predicted molar refractivity (Wildman–Crippen MR) is 62.7 cm³/mol. The van der Waals surface area contributed by atoms with Gasteiger partial charge in [-0.25, -0.2) is 0 Å². The monoisotopic (exact) mass is 212 g/mol. The van der Waals surface area contributed by atoms with Crippen molar-refractivity contribution >= 4 is 5.91 Å². The molecule has 0 radical (unpaired) electrons. The summed E-state index contributed by atoms with van der Waals surface area (Å²) in [6.07, 6.45) is 2.77. The van der Waals surface area contributed by atoms with E-state index in [1.165, 1.54) is 0 Å². The Labute approximate surface area is 93.2 Å². The average molecular weight is 212 g/mol. The molecule has 3 nitrogen and oxygen atoms in total. The molecule has 0 spiro atoms. The number of likely N-dealkylation sites (tertiary alicyclic amines) is 1. The number of carbonyl (C=O) groups excluding carboxylic acids is 1. The smallest absolute Gasteiger partial charge is 0.222 e. The van der Waals surface area contributed by atoms with Crippen molar-refractivity contribution < 1.29 is 4.79 Å². The van der Waals surface area contributed by atoms with Gasteiger partial charge in [0.1, 0.15) is 0 Å². The Balaban J connectivity index is 2.30. The summed E-state index contributed by atoms with van der Waals surface area (Å²) in [5, 5.41) is 3.23. The molecule has 1 saturated heterocycles. The molecule has 3 heteroatoms. The summed E-state index contributed by atoms with van der Waals surface area (Å²) in [5.74, 6) is 0.322. The van der Waals surface area contributed by atoms with Gasteiger partial charge in [-0.3, -0.25) is 4.79 Å². The molecule has 1 atom stereocenters. The maximum Gasteiger partial charge on any atom is 0.222 e. The molecular weight excluding hydrogens is 188 g/mol. The van der Waals surface area contributed by atoms with Crippen LogP contribution in [0.1, 0.15) is 40.0 Å². The molecule has 88 valence electrons. The summed E-state index contributed by atoms with van der Waals surface area (Å²) < 4.78 is 0. The Morgan fingerprint density at radius 1 is 1.47 bits per heavy atom. The predicted octanol–water partition coefficient (Wildman–Crippen LogP) is 1.63. The number of amides is 1. The molecule has 0 aliphatic carbocycles. The fourth-order valence-electron chi connectivity index (χ4n) is 1.86. The number of rotatable bonds is 3. The Morgan fingerprint density at radius 3 is 2.60 bits per heavy atom. The first-order valence-electron chi connectivity index (χ1n) is 5.87. The standard InChI is InChI=1S/C12H24N2O/c1-12(2,3)7-5-11(15)14-8-6-10(9-14)13-4/h10,13H,5-9H2,1-4H3/t10-/m1/s1. The highest BCUT2D eigenvalue weighted by Crippen LogP contribution is 2.22. The number of carbonyl (C=O) groups is 1. The molecule has 1 aliphatic heterocycles. The van der Waals surface area contributed by atoms with Crippen molar-refractivity contribution in [3.8, 4) is 0 Å². The molecule has 0 aromatic rings. The minimum absolute atomic E-state index is 0.262. The van der Waals surface area contributed by atoms with Gasteiger partial charge in [-0.05, 0) is 25.3 Å². The van der Waals surface area contributed by atoms with E-state index >= 15 is 0 Å². The van der Waals surface area contributed by atoms with Crippen LogP contribution in [0.25, 0.3) is 0 Å². The topological polar surface area (TPSA) is 32.3 Å².